The van der Waals surface area contributed by atoms with Gasteiger partial charge in [-0.3, -0.25) is 38.5 Å². The number of nitrogens with one attached hydrogen (secondary N) is 5. The predicted octanol–water partition coefficient (Wildman–Crippen LogP) is 1.17. The van der Waals surface area contributed by atoms with Crippen molar-refractivity contribution in [2.75, 3.05) is 13.6 Å². The minimum absolute atomic E-state index is 0.0132. The van der Waals surface area contributed by atoms with Crippen LogP contribution in [0.25, 0.3) is 0 Å². The van der Waals surface area contributed by atoms with Crippen molar-refractivity contribution >= 4 is 47.3 Å². The van der Waals surface area contributed by atoms with Crippen molar-refractivity contribution in [2.24, 2.45) is 23.5 Å². The molecule has 0 aromatic heterocycles. The second kappa shape index (κ2) is 25.3. The number of nitrogens with zero attached hydrogens (tertiary/aromatic N) is 2. The summed E-state index contributed by atoms with van der Waals surface area (Å²) < 4.78 is 5.96. The third-order valence-electron chi connectivity index (χ3n) is 12.7. The summed E-state index contributed by atoms with van der Waals surface area (Å²) in [5.74, 6) is -7.12. The van der Waals surface area contributed by atoms with Crippen molar-refractivity contribution in [1.82, 2.24) is 36.4 Å². The zero-order chi connectivity index (χ0) is 50.4. The highest BCUT2D eigenvalue weighted by Crippen LogP contribution is 2.25. The van der Waals surface area contributed by atoms with Gasteiger partial charge in [-0.05, 0) is 74.1 Å². The van der Waals surface area contributed by atoms with Crippen LogP contribution in [0.4, 0.5) is 0 Å². The first-order valence-corrected chi connectivity index (χ1v) is 23.6. The maximum Gasteiger partial charge on any atom is 0.329 e. The van der Waals surface area contributed by atoms with Crippen LogP contribution in [0, 0.1) is 17.8 Å². The largest absolute Gasteiger partial charge is 0.508 e. The number of likely N-dealkylation sites (N-methyl/N-ethyl adjacent to an activating group) is 1. The number of carbonyl (C=O) groups is 8. The Kier molecular flexibility index (Phi) is 20.3. The summed E-state index contributed by atoms with van der Waals surface area (Å²) in [6, 6.07) is 6.83. The van der Waals surface area contributed by atoms with Crippen molar-refractivity contribution in [3.8, 4) is 5.75 Å². The fraction of sp³-hybridized carbons (Fsp3) is 0.592. The quantitative estimate of drug-likeness (QED) is 0.117. The van der Waals surface area contributed by atoms with Crippen LogP contribution in [0.2, 0.25) is 0 Å². The number of esters is 1. The Hall–Kier alpha value is -6.08. The summed E-state index contributed by atoms with van der Waals surface area (Å²) in [7, 11) is 1.48. The fourth-order valence-electron chi connectivity index (χ4n) is 8.32. The molecule has 374 valence electrons. The molecule has 4 rings (SSSR count). The molecule has 2 aromatic rings. The number of hydrogen-bond acceptors (Lipinski definition) is 12. The number of cyclic esters (lactones) is 1. The van der Waals surface area contributed by atoms with Gasteiger partial charge in [-0.25, -0.2) is 4.79 Å². The molecule has 2 bridgehead atoms. The zero-order valence-electron chi connectivity index (χ0n) is 40.5. The molecular formula is C49H72N8O11. The molecule has 0 saturated carbocycles. The molecule has 68 heavy (non-hydrogen) atoms. The highest BCUT2D eigenvalue weighted by Gasteiger charge is 2.43. The number of phenolic OH excluding ortho intramolecular Hbond substituents is 1. The van der Waals surface area contributed by atoms with Crippen LogP contribution in [0.5, 0.6) is 5.75 Å². The Bertz CT molecular complexity index is 2070. The van der Waals surface area contributed by atoms with Gasteiger partial charge < -0.3 is 52.2 Å². The molecule has 5 unspecified atom stereocenters. The molecule has 2 aromatic carbocycles. The Labute approximate surface area is 399 Å². The Morgan fingerprint density at radius 2 is 1.47 bits per heavy atom. The lowest BCUT2D eigenvalue weighted by molar-refractivity contribution is -0.158. The van der Waals surface area contributed by atoms with E-state index in [-0.39, 0.29) is 56.7 Å². The third-order valence-corrected chi connectivity index (χ3v) is 12.7. The van der Waals surface area contributed by atoms with Crippen LogP contribution in [0.3, 0.4) is 0 Å². The first-order valence-electron chi connectivity index (χ1n) is 23.6. The topological polar surface area (TPSA) is 279 Å². The van der Waals surface area contributed by atoms with E-state index in [0.717, 1.165) is 5.56 Å². The SMILES string of the molecule is CCC(C)[C@@H]1NC(=O)[C@H](Cc2ccc(O)cc2)N(C)C(=O)C(Cc2ccccc2)N2C[C@H](CC[C@H]2O)NC(=O)C(CC(C)C)NC(=O)C(NC(=O)[C@H](CCC(N)=O)NC(=O)C(C)C)[C@@H](C)OC1=O. The summed E-state index contributed by atoms with van der Waals surface area (Å²) in [5.41, 5.74) is 6.75. The van der Waals surface area contributed by atoms with Crippen molar-refractivity contribution in [2.45, 2.75) is 154 Å². The van der Waals surface area contributed by atoms with Gasteiger partial charge in [-0.1, -0.05) is 90.4 Å². The number of phenols is 1. The van der Waals surface area contributed by atoms with Gasteiger partial charge in [-0.2, -0.15) is 0 Å². The number of aliphatic hydroxyl groups is 1. The number of nitrogens with two attached hydrogens (primary N) is 1. The molecule has 7 amide bonds. The van der Waals surface area contributed by atoms with Gasteiger partial charge in [0.15, 0.2) is 0 Å². The molecule has 0 radical (unpaired) electrons. The Balaban J connectivity index is 1.87. The standard InChI is InChI=1S/C49H72N8O11/c1-9-29(6)41-49(67)68-30(7)42(55-44(62)35(20-21-39(50)59)52-43(61)28(4)5)47(65)53-36(23-27(2)3)45(63)51-33-17-22-40(60)57(26-33)38(25-31-13-11-10-12-14-31)48(66)56(8)37(46(64)54-41)24-32-15-18-34(58)19-16-32/h10-16,18-19,27-30,33,35-38,40-42,58,60H,9,17,20-26H2,1-8H3,(H2,50,59)(H,51,63)(H,52,61)(H,53,65)(H,54,64)(H,55,62)/t29?,30-,33+,35+,36?,37+,38?,40-,41+,42?/m1/s1. The number of hydrogen-bond donors (Lipinski definition) is 8. The normalized spacial score (nSPS) is 26.5. The lowest BCUT2D eigenvalue weighted by atomic mass is 9.95. The summed E-state index contributed by atoms with van der Waals surface area (Å²) in [6.07, 6.45) is -2.03. The molecule has 2 saturated heterocycles. The average Bonchev–Trinajstić information content (AvgIpc) is 3.29. The fourth-order valence-corrected chi connectivity index (χ4v) is 8.32. The Morgan fingerprint density at radius 1 is 0.838 bits per heavy atom. The van der Waals surface area contributed by atoms with Gasteiger partial charge >= 0.3 is 5.97 Å². The summed E-state index contributed by atoms with van der Waals surface area (Å²) in [6.45, 7) is 11.8. The minimum Gasteiger partial charge on any atom is -0.508 e. The summed E-state index contributed by atoms with van der Waals surface area (Å²) >= 11 is 0. The van der Waals surface area contributed by atoms with E-state index in [1.807, 2.05) is 44.2 Å². The first-order chi connectivity index (χ1) is 32.1. The number of amides is 7. The van der Waals surface area contributed by atoms with E-state index in [9.17, 15) is 43.8 Å². The van der Waals surface area contributed by atoms with E-state index in [4.69, 9.17) is 10.5 Å². The average molecular weight is 949 g/mol. The maximum atomic E-state index is 15.1. The van der Waals surface area contributed by atoms with Crippen LogP contribution in [0.1, 0.15) is 98.1 Å². The van der Waals surface area contributed by atoms with Gasteiger partial charge in [0.25, 0.3) is 0 Å². The summed E-state index contributed by atoms with van der Waals surface area (Å²) in [5, 5.41) is 35.5. The van der Waals surface area contributed by atoms with Gasteiger partial charge in [0.2, 0.25) is 41.4 Å². The number of aromatic hydroxyl groups is 1. The van der Waals surface area contributed by atoms with E-state index >= 15 is 4.79 Å². The number of piperidine rings is 1. The molecule has 9 N–H and O–H groups in total. The first kappa shape index (κ1) is 54.5. The smallest absolute Gasteiger partial charge is 0.329 e. The third kappa shape index (κ3) is 15.5. The van der Waals surface area contributed by atoms with Gasteiger partial charge in [0.05, 0.1) is 6.04 Å². The second-order valence-electron chi connectivity index (χ2n) is 18.9. The molecule has 2 aliphatic rings. The maximum absolute atomic E-state index is 15.1. The van der Waals surface area contributed by atoms with Crippen LogP contribution in [-0.4, -0.2) is 136 Å². The molecular weight excluding hydrogens is 877 g/mol. The molecule has 11 atom stereocenters. The van der Waals surface area contributed by atoms with E-state index in [2.05, 4.69) is 26.6 Å². The van der Waals surface area contributed by atoms with Crippen molar-refractivity contribution < 1.29 is 53.3 Å². The van der Waals surface area contributed by atoms with Gasteiger partial charge in [-0.15, -0.1) is 0 Å². The molecule has 19 nitrogen and oxygen atoms in total. The Morgan fingerprint density at radius 3 is 2.07 bits per heavy atom. The number of carbonyl (C=O) groups excluding carboxylic acids is 8. The molecule has 2 fully saturated rings. The summed E-state index contributed by atoms with van der Waals surface area (Å²) in [4.78, 5) is 115. The monoisotopic (exact) mass is 949 g/mol. The lowest BCUT2D eigenvalue weighted by Crippen LogP contribution is -2.63. The van der Waals surface area contributed by atoms with Crippen molar-refractivity contribution in [3.05, 3.63) is 65.7 Å². The van der Waals surface area contributed by atoms with Crippen LogP contribution < -0.4 is 32.3 Å². The number of aliphatic hydroxyl groups excluding tert-OH is 1. The van der Waals surface area contributed by atoms with Gasteiger partial charge in [0, 0.05) is 38.4 Å². The van der Waals surface area contributed by atoms with E-state index < -0.39 is 114 Å². The van der Waals surface area contributed by atoms with Crippen LogP contribution in [0.15, 0.2) is 54.6 Å². The predicted molar refractivity (Wildman–Crippen MR) is 252 cm³/mol. The minimum atomic E-state index is -1.68. The van der Waals surface area contributed by atoms with E-state index in [1.165, 1.54) is 31.0 Å². The lowest BCUT2D eigenvalue weighted by Gasteiger charge is -2.43. The molecule has 19 heteroatoms. The highest BCUT2D eigenvalue weighted by molar-refractivity contribution is 5.96. The number of benzene rings is 2. The number of ether oxygens (including phenoxy) is 1. The number of primary amides is 1. The van der Waals surface area contributed by atoms with Gasteiger partial charge in [0.1, 0.15) is 48.3 Å². The van der Waals surface area contributed by atoms with Crippen molar-refractivity contribution in [3.63, 3.8) is 0 Å². The zero-order valence-corrected chi connectivity index (χ0v) is 40.5. The van der Waals surface area contributed by atoms with E-state index in [0.29, 0.717) is 18.4 Å². The molecule has 0 aliphatic carbocycles. The van der Waals surface area contributed by atoms with Crippen LogP contribution >= 0.6 is 0 Å². The van der Waals surface area contributed by atoms with E-state index in [1.54, 1.807) is 44.7 Å². The second-order valence-corrected chi connectivity index (χ2v) is 18.9. The molecule has 2 heterocycles. The van der Waals surface area contributed by atoms with Crippen molar-refractivity contribution in [1.29, 1.82) is 0 Å². The molecule has 0 spiro atoms. The number of fused-ring (bicyclic) bond motifs is 2. The molecule has 2 aliphatic heterocycles. The number of rotatable bonds is 15. The highest BCUT2D eigenvalue weighted by atomic mass is 16.5. The van der Waals surface area contributed by atoms with Crippen LogP contribution in [-0.2, 0) is 55.9 Å².